The molecular weight excluding hydrogens is 358 g/mol. The number of carboxylic acid groups (broad SMARTS) is 1. The van der Waals surface area contributed by atoms with Crippen molar-refractivity contribution < 1.29 is 9.90 Å². The molecule has 1 aromatic carbocycles. The minimum absolute atomic E-state index is 0.0943. The zero-order valence-electron chi connectivity index (χ0n) is 13.0. The Bertz CT molecular complexity index is 898. The first-order valence-corrected chi connectivity index (χ1v) is 8.07. The molecule has 0 aliphatic carbocycles. The number of aromatic nitrogens is 3. The average Bonchev–Trinajstić information content (AvgIpc) is 2.86. The Kier molecular flexibility index (Phi) is 3.93. The molecule has 2 heterocycles. The molecule has 0 fully saturated rings. The summed E-state index contributed by atoms with van der Waals surface area (Å²) in [6, 6.07) is 9.29. The topological polar surface area (TPSA) is 68.0 Å². The van der Waals surface area contributed by atoms with E-state index >= 15 is 0 Å². The number of hydrogen-bond donors (Lipinski definition) is 1. The second-order valence-electron chi connectivity index (χ2n) is 5.74. The van der Waals surface area contributed by atoms with Gasteiger partial charge in [-0.1, -0.05) is 29.8 Å². The van der Waals surface area contributed by atoms with Crippen LogP contribution >= 0.6 is 15.9 Å². The smallest absolute Gasteiger partial charge is 0.336 e. The van der Waals surface area contributed by atoms with E-state index < -0.39 is 5.97 Å². The number of rotatable bonds is 3. The lowest BCUT2D eigenvalue weighted by atomic mass is 10.0. The summed E-state index contributed by atoms with van der Waals surface area (Å²) in [5, 5.41) is 14.8. The molecule has 6 heteroatoms. The Balaban J connectivity index is 2.40. The molecule has 0 radical (unpaired) electrons. The lowest BCUT2D eigenvalue weighted by molar-refractivity contribution is 0.0698. The van der Waals surface area contributed by atoms with Gasteiger partial charge in [0.25, 0.3) is 0 Å². The van der Waals surface area contributed by atoms with Crippen LogP contribution in [0.3, 0.4) is 0 Å². The Morgan fingerprint density at radius 3 is 2.48 bits per heavy atom. The van der Waals surface area contributed by atoms with Crippen molar-refractivity contribution >= 4 is 32.9 Å². The molecule has 3 rings (SSSR count). The number of aryl methyl sites for hydroxylation is 1. The Labute approximate surface area is 142 Å². The highest BCUT2D eigenvalue weighted by atomic mass is 79.9. The first-order valence-electron chi connectivity index (χ1n) is 7.28. The normalized spacial score (nSPS) is 11.3. The Morgan fingerprint density at radius 2 is 1.91 bits per heavy atom. The van der Waals surface area contributed by atoms with Gasteiger partial charge in [0.05, 0.1) is 22.3 Å². The molecule has 0 atom stereocenters. The van der Waals surface area contributed by atoms with E-state index in [4.69, 9.17) is 0 Å². The van der Waals surface area contributed by atoms with Gasteiger partial charge in [-0.2, -0.15) is 5.10 Å². The zero-order valence-corrected chi connectivity index (χ0v) is 14.6. The molecule has 2 aromatic heterocycles. The zero-order chi connectivity index (χ0) is 16.7. The summed E-state index contributed by atoms with van der Waals surface area (Å²) >= 11 is 3.42. The summed E-state index contributed by atoms with van der Waals surface area (Å²) in [7, 11) is 0. The molecule has 5 nitrogen and oxygen atoms in total. The summed E-state index contributed by atoms with van der Waals surface area (Å²) in [6.07, 6.45) is 0. The van der Waals surface area contributed by atoms with Crippen molar-refractivity contribution in [2.75, 3.05) is 0 Å². The van der Waals surface area contributed by atoms with E-state index in [1.807, 2.05) is 38.1 Å². The van der Waals surface area contributed by atoms with E-state index in [0.29, 0.717) is 16.7 Å². The van der Waals surface area contributed by atoms with Crippen LogP contribution in [0.15, 0.2) is 34.8 Å². The monoisotopic (exact) mass is 373 g/mol. The number of hydrogen-bond acceptors (Lipinski definition) is 3. The van der Waals surface area contributed by atoms with Gasteiger partial charge in [-0.15, -0.1) is 0 Å². The summed E-state index contributed by atoms with van der Waals surface area (Å²) in [5.41, 5.74) is 3.07. The van der Waals surface area contributed by atoms with Crippen molar-refractivity contribution in [2.45, 2.75) is 26.7 Å². The van der Waals surface area contributed by atoms with Gasteiger partial charge in [0.1, 0.15) is 0 Å². The van der Waals surface area contributed by atoms with Gasteiger partial charge in [0.15, 0.2) is 5.65 Å². The lowest BCUT2D eigenvalue weighted by Crippen LogP contribution is -2.02. The van der Waals surface area contributed by atoms with E-state index in [-0.39, 0.29) is 11.5 Å². The molecular formula is C17H16BrN3O2. The van der Waals surface area contributed by atoms with Gasteiger partial charge in [0.2, 0.25) is 0 Å². The number of carboxylic acids is 1. The van der Waals surface area contributed by atoms with Crippen LogP contribution in [-0.2, 0) is 0 Å². The van der Waals surface area contributed by atoms with Gasteiger partial charge >= 0.3 is 5.97 Å². The third-order valence-electron chi connectivity index (χ3n) is 3.64. The van der Waals surface area contributed by atoms with Crippen molar-refractivity contribution in [3.63, 3.8) is 0 Å². The molecule has 0 amide bonds. The molecule has 0 aliphatic heterocycles. The molecule has 118 valence electrons. The highest BCUT2D eigenvalue weighted by Crippen LogP contribution is 2.30. The van der Waals surface area contributed by atoms with E-state index in [2.05, 4.69) is 26.0 Å². The predicted molar refractivity (Wildman–Crippen MR) is 92.4 cm³/mol. The average molecular weight is 374 g/mol. The van der Waals surface area contributed by atoms with Crippen LogP contribution in [0, 0.1) is 6.92 Å². The fourth-order valence-electron chi connectivity index (χ4n) is 2.60. The van der Waals surface area contributed by atoms with Gasteiger partial charge in [-0.25, -0.2) is 14.5 Å². The number of benzene rings is 1. The first kappa shape index (κ1) is 15.7. The lowest BCUT2D eigenvalue weighted by Gasteiger charge is -2.05. The first-order chi connectivity index (χ1) is 10.9. The highest BCUT2D eigenvalue weighted by Gasteiger charge is 2.22. The van der Waals surface area contributed by atoms with Crippen molar-refractivity contribution in [3.8, 4) is 5.69 Å². The summed E-state index contributed by atoms with van der Waals surface area (Å²) < 4.78 is 2.69. The molecule has 0 saturated carbocycles. The molecule has 0 unspecified atom stereocenters. The standard InChI is InChI=1S/C17H16BrN3O2/c1-9(2)15-14-13(17(22)23)8-10(3)19-16(14)21(20-15)12-6-4-11(18)5-7-12/h4-9H,1-3H3,(H,22,23). The maximum atomic E-state index is 11.7. The minimum atomic E-state index is -0.960. The van der Waals surface area contributed by atoms with E-state index in [9.17, 15) is 9.90 Å². The van der Waals surface area contributed by atoms with Crippen LogP contribution in [0.2, 0.25) is 0 Å². The van der Waals surface area contributed by atoms with E-state index in [1.165, 1.54) is 0 Å². The maximum Gasteiger partial charge on any atom is 0.336 e. The Hall–Kier alpha value is -2.21. The fraction of sp³-hybridized carbons (Fsp3) is 0.235. The van der Waals surface area contributed by atoms with Crippen LogP contribution in [0.1, 0.15) is 41.5 Å². The number of aromatic carboxylic acids is 1. The quantitative estimate of drug-likeness (QED) is 0.742. The van der Waals surface area contributed by atoms with Crippen LogP contribution < -0.4 is 0 Å². The summed E-state index contributed by atoms with van der Waals surface area (Å²) in [4.78, 5) is 16.2. The van der Waals surface area contributed by atoms with Crippen molar-refractivity contribution in [1.29, 1.82) is 0 Å². The number of fused-ring (bicyclic) bond motifs is 1. The van der Waals surface area contributed by atoms with Gasteiger partial charge in [-0.3, -0.25) is 0 Å². The molecule has 0 bridgehead atoms. The third-order valence-corrected chi connectivity index (χ3v) is 4.17. The van der Waals surface area contributed by atoms with Gasteiger partial charge in [-0.05, 0) is 43.2 Å². The van der Waals surface area contributed by atoms with Crippen LogP contribution in [0.4, 0.5) is 0 Å². The van der Waals surface area contributed by atoms with Crippen LogP contribution in [-0.4, -0.2) is 25.8 Å². The van der Waals surface area contributed by atoms with E-state index in [0.717, 1.165) is 15.9 Å². The number of nitrogens with zero attached hydrogens (tertiary/aromatic N) is 3. The van der Waals surface area contributed by atoms with Crippen molar-refractivity contribution in [1.82, 2.24) is 14.8 Å². The summed E-state index contributed by atoms with van der Waals surface area (Å²) in [5.74, 6) is -0.866. The van der Waals surface area contributed by atoms with Crippen molar-refractivity contribution in [2.24, 2.45) is 0 Å². The minimum Gasteiger partial charge on any atom is -0.478 e. The van der Waals surface area contributed by atoms with Crippen molar-refractivity contribution in [3.05, 3.63) is 51.8 Å². The second kappa shape index (κ2) is 5.77. The van der Waals surface area contributed by atoms with Crippen LogP contribution in [0.5, 0.6) is 0 Å². The third kappa shape index (κ3) is 2.74. The highest BCUT2D eigenvalue weighted by molar-refractivity contribution is 9.10. The Morgan fingerprint density at radius 1 is 1.26 bits per heavy atom. The van der Waals surface area contributed by atoms with Gasteiger partial charge in [0, 0.05) is 10.2 Å². The van der Waals surface area contributed by atoms with Crippen LogP contribution in [0.25, 0.3) is 16.7 Å². The fourth-order valence-corrected chi connectivity index (χ4v) is 2.87. The number of halogens is 1. The second-order valence-corrected chi connectivity index (χ2v) is 6.66. The largest absolute Gasteiger partial charge is 0.478 e. The molecule has 0 aliphatic rings. The molecule has 0 saturated heterocycles. The predicted octanol–water partition coefficient (Wildman–Crippen LogP) is 4.31. The van der Waals surface area contributed by atoms with Gasteiger partial charge < -0.3 is 5.11 Å². The molecule has 3 aromatic rings. The molecule has 0 spiro atoms. The number of pyridine rings is 1. The SMILES string of the molecule is Cc1cc(C(=O)O)c2c(C(C)C)nn(-c3ccc(Br)cc3)c2n1. The molecule has 23 heavy (non-hydrogen) atoms. The van der Waals surface area contributed by atoms with E-state index in [1.54, 1.807) is 17.7 Å². The summed E-state index contributed by atoms with van der Waals surface area (Å²) in [6.45, 7) is 5.79. The number of carbonyl (C=O) groups is 1. The molecule has 1 N–H and O–H groups in total. The maximum absolute atomic E-state index is 11.7.